The number of aromatic amines is 1. The molecule has 0 saturated heterocycles. The molecule has 1 aromatic carbocycles. The fraction of sp³-hybridized carbons (Fsp3) is 0.214. The van der Waals surface area contributed by atoms with Crippen LogP contribution in [-0.2, 0) is 0 Å². The number of aliphatic imine (C=N–C) groups is 1. The minimum absolute atomic E-state index is 0.224. The number of nitrogens with one attached hydrogen (secondary N) is 1. The van der Waals surface area contributed by atoms with Crippen LogP contribution in [0.4, 0.5) is 5.82 Å². The molecule has 0 atom stereocenters. The second-order valence-electron chi connectivity index (χ2n) is 4.51. The van der Waals surface area contributed by atoms with E-state index in [4.69, 9.17) is 4.74 Å². The Morgan fingerprint density at radius 1 is 1.29 bits per heavy atom. The van der Waals surface area contributed by atoms with Gasteiger partial charge in [0.1, 0.15) is 11.6 Å². The highest BCUT2D eigenvalue weighted by atomic mass is 16.5. The number of nitrogens with zero attached hydrogens (tertiary/aromatic N) is 3. The third-order valence-corrected chi connectivity index (χ3v) is 2.67. The van der Waals surface area contributed by atoms with Crippen LogP contribution in [-0.4, -0.2) is 42.0 Å². The van der Waals surface area contributed by atoms with Crippen LogP contribution in [0.25, 0.3) is 5.69 Å². The van der Waals surface area contributed by atoms with Crippen molar-refractivity contribution in [2.75, 3.05) is 21.2 Å². The maximum Gasteiger partial charge on any atom is 0.334 e. The maximum absolute atomic E-state index is 12.1. The Morgan fingerprint density at radius 2 is 2.00 bits per heavy atom. The molecule has 0 unspecified atom stereocenters. The molecule has 0 saturated carbocycles. The Balaban J connectivity index is 2.73. The zero-order valence-electron chi connectivity index (χ0n) is 12.0. The van der Waals surface area contributed by atoms with E-state index >= 15 is 0 Å². The topological polar surface area (TPSA) is 79.7 Å². The summed E-state index contributed by atoms with van der Waals surface area (Å²) in [5.41, 5.74) is -0.567. The standard InChI is InChI=1S/C14H16N4O3/c1-17(2)9-15-12-8-13(19)16-14(20)18(12)10-6-4-5-7-11(10)21-3/h4-9H,1-3H3,(H,16,19,20)/b15-9+. The number of hydrogen-bond acceptors (Lipinski definition) is 4. The SMILES string of the molecule is COc1ccccc1-n1c(/N=C/N(C)C)cc(=O)[nH]c1=O. The first-order valence-corrected chi connectivity index (χ1v) is 6.23. The molecular formula is C14H16N4O3. The molecule has 0 amide bonds. The average molecular weight is 288 g/mol. The van der Waals surface area contributed by atoms with Crippen molar-refractivity contribution in [1.29, 1.82) is 0 Å². The lowest BCUT2D eigenvalue weighted by molar-refractivity contribution is 0.412. The fourth-order valence-corrected chi connectivity index (χ4v) is 1.80. The average Bonchev–Trinajstić information content (AvgIpc) is 2.44. The molecule has 2 rings (SSSR count). The molecule has 0 radical (unpaired) electrons. The van der Waals surface area contributed by atoms with Crippen molar-refractivity contribution in [3.8, 4) is 11.4 Å². The van der Waals surface area contributed by atoms with E-state index in [2.05, 4.69) is 9.98 Å². The number of methoxy groups -OCH3 is 1. The minimum Gasteiger partial charge on any atom is -0.495 e. The van der Waals surface area contributed by atoms with E-state index in [0.29, 0.717) is 11.4 Å². The molecule has 7 heteroatoms. The molecule has 0 aliphatic carbocycles. The highest BCUT2D eigenvalue weighted by Crippen LogP contribution is 2.23. The molecule has 110 valence electrons. The van der Waals surface area contributed by atoms with Crippen molar-refractivity contribution in [3.05, 3.63) is 51.2 Å². The van der Waals surface area contributed by atoms with Crippen LogP contribution in [0.2, 0.25) is 0 Å². The highest BCUT2D eigenvalue weighted by Gasteiger charge is 2.11. The fourth-order valence-electron chi connectivity index (χ4n) is 1.80. The van der Waals surface area contributed by atoms with E-state index in [-0.39, 0.29) is 5.82 Å². The largest absolute Gasteiger partial charge is 0.495 e. The zero-order chi connectivity index (χ0) is 15.4. The van der Waals surface area contributed by atoms with E-state index in [1.54, 1.807) is 43.3 Å². The molecular weight excluding hydrogens is 272 g/mol. The summed E-state index contributed by atoms with van der Waals surface area (Å²) in [5.74, 6) is 0.731. The smallest absolute Gasteiger partial charge is 0.334 e. The van der Waals surface area contributed by atoms with Gasteiger partial charge in [-0.25, -0.2) is 14.4 Å². The first kappa shape index (κ1) is 14.6. The van der Waals surface area contributed by atoms with Crippen LogP contribution in [0.15, 0.2) is 44.9 Å². The number of para-hydroxylation sites is 2. The third-order valence-electron chi connectivity index (χ3n) is 2.67. The van der Waals surface area contributed by atoms with Crippen LogP contribution in [0.5, 0.6) is 5.75 Å². The van der Waals surface area contributed by atoms with E-state index in [0.717, 1.165) is 0 Å². The molecule has 21 heavy (non-hydrogen) atoms. The predicted molar refractivity (Wildman–Crippen MR) is 81.1 cm³/mol. The molecule has 1 N–H and O–H groups in total. The van der Waals surface area contributed by atoms with Crippen LogP contribution in [0.3, 0.4) is 0 Å². The van der Waals surface area contributed by atoms with Crippen molar-refractivity contribution in [2.24, 2.45) is 4.99 Å². The van der Waals surface area contributed by atoms with Crippen LogP contribution in [0.1, 0.15) is 0 Å². The van der Waals surface area contributed by atoms with Crippen molar-refractivity contribution >= 4 is 12.2 Å². The maximum atomic E-state index is 12.1. The summed E-state index contributed by atoms with van der Waals surface area (Å²) < 4.78 is 6.54. The van der Waals surface area contributed by atoms with Gasteiger partial charge in [-0.2, -0.15) is 0 Å². The molecule has 0 fully saturated rings. The second kappa shape index (κ2) is 6.08. The van der Waals surface area contributed by atoms with Gasteiger partial charge in [-0.05, 0) is 12.1 Å². The van der Waals surface area contributed by atoms with Crippen LogP contribution in [0, 0.1) is 0 Å². The Morgan fingerprint density at radius 3 is 2.67 bits per heavy atom. The number of ether oxygens (including phenoxy) is 1. The van der Waals surface area contributed by atoms with E-state index in [9.17, 15) is 9.59 Å². The Labute approximate surface area is 121 Å². The Bertz CT molecular complexity index is 774. The summed E-state index contributed by atoms with van der Waals surface area (Å²) in [6, 6.07) is 8.27. The summed E-state index contributed by atoms with van der Waals surface area (Å²) in [4.78, 5) is 31.7. The van der Waals surface area contributed by atoms with Gasteiger partial charge >= 0.3 is 5.69 Å². The molecule has 2 aromatic rings. The number of rotatable bonds is 4. The van der Waals surface area contributed by atoms with Crippen molar-refractivity contribution in [1.82, 2.24) is 14.5 Å². The lowest BCUT2D eigenvalue weighted by atomic mass is 10.3. The number of benzene rings is 1. The number of aromatic nitrogens is 2. The third kappa shape index (κ3) is 3.19. The first-order valence-electron chi connectivity index (χ1n) is 6.23. The highest BCUT2D eigenvalue weighted by molar-refractivity contribution is 5.61. The molecule has 0 bridgehead atoms. The lowest BCUT2D eigenvalue weighted by Crippen LogP contribution is -2.28. The first-order chi connectivity index (χ1) is 10.0. The van der Waals surface area contributed by atoms with Gasteiger partial charge in [-0.1, -0.05) is 12.1 Å². The monoisotopic (exact) mass is 288 g/mol. The molecule has 0 aliphatic rings. The number of hydrogen-bond donors (Lipinski definition) is 1. The molecule has 0 spiro atoms. The van der Waals surface area contributed by atoms with E-state index in [1.807, 2.05) is 0 Å². The summed E-state index contributed by atoms with van der Waals surface area (Å²) in [7, 11) is 5.10. The Kier molecular flexibility index (Phi) is 4.22. The van der Waals surface area contributed by atoms with Gasteiger partial charge < -0.3 is 9.64 Å². The van der Waals surface area contributed by atoms with Crippen LogP contribution < -0.4 is 16.0 Å². The minimum atomic E-state index is -0.571. The van der Waals surface area contributed by atoms with Gasteiger partial charge in [0, 0.05) is 20.2 Å². The lowest BCUT2D eigenvalue weighted by Gasteiger charge is -2.12. The van der Waals surface area contributed by atoms with Crippen molar-refractivity contribution < 1.29 is 4.74 Å². The second-order valence-corrected chi connectivity index (χ2v) is 4.51. The van der Waals surface area contributed by atoms with Gasteiger partial charge in [0.2, 0.25) is 0 Å². The van der Waals surface area contributed by atoms with Gasteiger partial charge in [-0.3, -0.25) is 9.78 Å². The Hall–Kier alpha value is -2.83. The van der Waals surface area contributed by atoms with Crippen LogP contribution >= 0.6 is 0 Å². The van der Waals surface area contributed by atoms with Gasteiger partial charge in [-0.15, -0.1) is 0 Å². The zero-order valence-corrected chi connectivity index (χ0v) is 12.0. The quantitative estimate of drug-likeness (QED) is 0.665. The van der Waals surface area contributed by atoms with E-state index in [1.165, 1.54) is 24.1 Å². The van der Waals surface area contributed by atoms with Gasteiger partial charge in [0.15, 0.2) is 0 Å². The number of H-pyrrole nitrogens is 1. The summed E-state index contributed by atoms with van der Waals surface area (Å²) in [6.45, 7) is 0. The molecule has 1 aromatic heterocycles. The van der Waals surface area contributed by atoms with Crippen molar-refractivity contribution in [2.45, 2.75) is 0 Å². The van der Waals surface area contributed by atoms with Gasteiger partial charge in [0.05, 0.1) is 19.1 Å². The summed E-state index contributed by atoms with van der Waals surface area (Å²) in [6.07, 6.45) is 1.51. The molecule has 1 heterocycles. The van der Waals surface area contributed by atoms with E-state index < -0.39 is 11.2 Å². The summed E-state index contributed by atoms with van der Waals surface area (Å²) in [5, 5.41) is 0. The predicted octanol–water partition coefficient (Wildman–Crippen LogP) is 0.756. The summed E-state index contributed by atoms with van der Waals surface area (Å²) >= 11 is 0. The molecule has 0 aliphatic heterocycles. The van der Waals surface area contributed by atoms with Crippen molar-refractivity contribution in [3.63, 3.8) is 0 Å². The van der Waals surface area contributed by atoms with Gasteiger partial charge in [0.25, 0.3) is 5.56 Å². The molecule has 7 nitrogen and oxygen atoms in total. The normalized spacial score (nSPS) is 10.8.